The zero-order valence-electron chi connectivity index (χ0n) is 58.6. The largest absolute Gasteiger partial charge is 0.394 e. The summed E-state index contributed by atoms with van der Waals surface area (Å²) in [6, 6.07) is -1.00. The molecule has 3 saturated heterocycles. The Morgan fingerprint density at radius 1 is 0.379 bits per heavy atom. The number of aliphatic hydroxyl groups excluding tert-OH is 11. The van der Waals surface area contributed by atoms with Crippen molar-refractivity contribution in [3.8, 4) is 0 Å². The van der Waals surface area contributed by atoms with Crippen LogP contribution >= 0.6 is 0 Å². The number of amides is 1. The van der Waals surface area contributed by atoms with Crippen molar-refractivity contribution in [1.29, 1.82) is 0 Å². The second-order valence-corrected chi connectivity index (χ2v) is 26.7. The number of carbonyl (C=O) groups excluding carboxylic acids is 1. The number of rotatable bonds is 58. The first-order chi connectivity index (χ1) is 46.3. The number of ether oxygens (including phenoxy) is 6. The van der Waals surface area contributed by atoms with Crippen molar-refractivity contribution in [1.82, 2.24) is 5.32 Å². The van der Waals surface area contributed by atoms with E-state index in [9.17, 15) is 61.0 Å². The van der Waals surface area contributed by atoms with Crippen molar-refractivity contribution >= 4 is 5.91 Å². The minimum absolute atomic E-state index is 0.227. The minimum Gasteiger partial charge on any atom is -0.394 e. The highest BCUT2D eigenvalue weighted by Crippen LogP contribution is 2.33. The maximum Gasteiger partial charge on any atom is 0.220 e. The zero-order valence-corrected chi connectivity index (χ0v) is 58.6. The number of unbranched alkanes of at least 4 members (excludes halogenated alkanes) is 32. The lowest BCUT2D eigenvalue weighted by Crippen LogP contribution is -2.66. The Hall–Kier alpha value is -2.77. The molecule has 0 spiro atoms. The van der Waals surface area contributed by atoms with Gasteiger partial charge < -0.3 is 89.9 Å². The van der Waals surface area contributed by atoms with E-state index in [1.54, 1.807) is 6.08 Å². The van der Waals surface area contributed by atoms with Crippen LogP contribution in [0.15, 0.2) is 72.9 Å². The quantitative estimate of drug-likeness (QED) is 0.0199. The van der Waals surface area contributed by atoms with E-state index in [1.807, 2.05) is 6.08 Å². The molecular weight excluding hydrogens is 1210 g/mol. The maximum atomic E-state index is 13.4. The fraction of sp³-hybridized carbons (Fsp3) is 0.829. The Bertz CT molecular complexity index is 2000. The van der Waals surface area contributed by atoms with Gasteiger partial charge >= 0.3 is 0 Å². The molecule has 0 radical (unpaired) electrons. The summed E-state index contributed by atoms with van der Waals surface area (Å²) in [5, 5.41) is 121. The van der Waals surface area contributed by atoms with Gasteiger partial charge in [0.2, 0.25) is 5.91 Å². The summed E-state index contributed by atoms with van der Waals surface area (Å²) < 4.78 is 34.4. The van der Waals surface area contributed by atoms with Gasteiger partial charge in [-0.15, -0.1) is 0 Å². The predicted octanol–water partition coefficient (Wildman–Crippen LogP) is 11.3. The molecule has 0 bridgehead atoms. The highest BCUT2D eigenvalue weighted by atomic mass is 16.8. The molecule has 17 atom stereocenters. The van der Waals surface area contributed by atoms with Crippen LogP contribution in [0.5, 0.6) is 0 Å². The van der Waals surface area contributed by atoms with Crippen LogP contribution in [-0.2, 0) is 33.2 Å². The Balaban J connectivity index is 1.43. The number of nitrogens with one attached hydrogen (secondary N) is 1. The summed E-state index contributed by atoms with van der Waals surface area (Å²) in [7, 11) is 0. The molecule has 552 valence electrons. The van der Waals surface area contributed by atoms with Crippen LogP contribution in [-0.4, -0.2) is 193 Å². The van der Waals surface area contributed by atoms with Crippen LogP contribution in [0, 0.1) is 0 Å². The second kappa shape index (κ2) is 56.9. The van der Waals surface area contributed by atoms with Gasteiger partial charge in [-0.05, 0) is 83.5 Å². The van der Waals surface area contributed by atoms with E-state index in [4.69, 9.17) is 28.4 Å². The fourth-order valence-electron chi connectivity index (χ4n) is 12.3. The van der Waals surface area contributed by atoms with E-state index in [2.05, 4.69) is 79.9 Å². The van der Waals surface area contributed by atoms with Gasteiger partial charge in [-0.1, -0.05) is 254 Å². The van der Waals surface area contributed by atoms with Crippen LogP contribution in [0.1, 0.15) is 271 Å². The molecule has 0 aliphatic carbocycles. The summed E-state index contributed by atoms with van der Waals surface area (Å²) >= 11 is 0. The number of allylic oxidation sites excluding steroid dienone is 11. The monoisotopic (exact) mass is 1350 g/mol. The average Bonchev–Trinajstić information content (AvgIpc) is 0.787. The van der Waals surface area contributed by atoms with E-state index >= 15 is 0 Å². The topological polar surface area (TPSA) is 307 Å². The van der Waals surface area contributed by atoms with Gasteiger partial charge in [-0.3, -0.25) is 4.79 Å². The predicted molar refractivity (Wildman–Crippen MR) is 374 cm³/mol. The van der Waals surface area contributed by atoms with Crippen LogP contribution in [0.25, 0.3) is 0 Å². The minimum atomic E-state index is -1.99. The molecule has 3 heterocycles. The third-order valence-corrected chi connectivity index (χ3v) is 18.5. The molecule has 17 unspecified atom stereocenters. The summed E-state index contributed by atoms with van der Waals surface area (Å²) in [5.41, 5.74) is 0. The van der Waals surface area contributed by atoms with Gasteiger partial charge in [0.1, 0.15) is 73.2 Å². The van der Waals surface area contributed by atoms with Crippen molar-refractivity contribution < 1.29 is 89.4 Å². The van der Waals surface area contributed by atoms with Gasteiger partial charge in [-0.2, -0.15) is 0 Å². The van der Waals surface area contributed by atoms with Gasteiger partial charge in [0, 0.05) is 6.42 Å². The molecule has 19 heteroatoms. The van der Waals surface area contributed by atoms with Crippen molar-refractivity contribution in [2.45, 2.75) is 375 Å². The first kappa shape index (κ1) is 86.5. The lowest BCUT2D eigenvalue weighted by molar-refractivity contribution is -0.379. The fourth-order valence-corrected chi connectivity index (χ4v) is 12.3. The number of hydrogen-bond donors (Lipinski definition) is 12. The molecule has 3 fully saturated rings. The number of hydrogen-bond acceptors (Lipinski definition) is 18. The average molecular weight is 1350 g/mol. The van der Waals surface area contributed by atoms with E-state index in [-0.39, 0.29) is 18.9 Å². The van der Waals surface area contributed by atoms with Crippen LogP contribution in [0.4, 0.5) is 0 Å². The van der Waals surface area contributed by atoms with Crippen LogP contribution in [0.2, 0.25) is 0 Å². The molecule has 3 aliphatic rings. The van der Waals surface area contributed by atoms with Crippen molar-refractivity contribution in [2.75, 3.05) is 26.4 Å². The van der Waals surface area contributed by atoms with E-state index in [0.29, 0.717) is 12.8 Å². The normalized spacial score (nSPS) is 27.6. The highest BCUT2D eigenvalue weighted by Gasteiger charge is 2.53. The van der Waals surface area contributed by atoms with Gasteiger partial charge in [0.05, 0.1) is 38.6 Å². The van der Waals surface area contributed by atoms with Crippen molar-refractivity contribution in [3.05, 3.63) is 72.9 Å². The van der Waals surface area contributed by atoms with Gasteiger partial charge in [-0.25, -0.2) is 0 Å². The second-order valence-electron chi connectivity index (χ2n) is 26.7. The summed E-state index contributed by atoms with van der Waals surface area (Å²) in [6.45, 7) is 1.71. The molecule has 0 saturated carbocycles. The summed E-state index contributed by atoms with van der Waals surface area (Å²) in [6.07, 6.45) is 45.9. The van der Waals surface area contributed by atoms with Crippen molar-refractivity contribution in [2.24, 2.45) is 0 Å². The first-order valence-electron chi connectivity index (χ1n) is 37.7. The van der Waals surface area contributed by atoms with Gasteiger partial charge in [0.25, 0.3) is 0 Å². The molecule has 0 aromatic carbocycles. The third kappa shape index (κ3) is 38.0. The smallest absolute Gasteiger partial charge is 0.220 e. The lowest BCUT2D eigenvalue weighted by atomic mass is 9.96. The number of aliphatic hydroxyl groups is 11. The third-order valence-electron chi connectivity index (χ3n) is 18.5. The van der Waals surface area contributed by atoms with Crippen molar-refractivity contribution in [3.63, 3.8) is 0 Å². The summed E-state index contributed by atoms with van der Waals surface area (Å²) in [4.78, 5) is 13.4. The molecule has 12 N–H and O–H groups in total. The van der Waals surface area contributed by atoms with E-state index in [0.717, 1.165) is 70.6 Å². The first-order valence-corrected chi connectivity index (χ1v) is 37.7. The van der Waals surface area contributed by atoms with E-state index in [1.165, 1.54) is 167 Å². The zero-order chi connectivity index (χ0) is 68.9. The Morgan fingerprint density at radius 2 is 0.705 bits per heavy atom. The summed E-state index contributed by atoms with van der Waals surface area (Å²) in [5.74, 6) is -0.292. The Kier molecular flexibility index (Phi) is 51.8. The Labute approximate surface area is 572 Å². The molecular formula is C76H135NO18. The molecule has 3 rings (SSSR count). The van der Waals surface area contributed by atoms with E-state index < -0.39 is 124 Å². The molecule has 19 nitrogen and oxygen atoms in total. The van der Waals surface area contributed by atoms with Crippen LogP contribution in [0.3, 0.4) is 0 Å². The molecule has 0 aromatic rings. The highest BCUT2D eigenvalue weighted by molar-refractivity contribution is 5.76. The molecule has 3 aliphatic heterocycles. The SMILES string of the molecule is CCCCCCC/C=C\C/C=C\C/C=C\CCCCCCCCCCCCCCC(=O)NC(COC1OC(CO)C(OC2OC(CO)C(OC3OC(CO)C(O)C(O)C3O)C(O)C2O)C(O)C1O)C(O)/C=C/CC/C=C/CC/C=C/CCCCCCCCCCCCCCC. The maximum absolute atomic E-state index is 13.4. The number of carbonyl (C=O) groups is 1. The molecule has 95 heavy (non-hydrogen) atoms. The molecule has 0 aromatic heterocycles. The lowest BCUT2D eigenvalue weighted by Gasteiger charge is -2.48. The van der Waals surface area contributed by atoms with Crippen LogP contribution < -0.4 is 5.32 Å². The van der Waals surface area contributed by atoms with Gasteiger partial charge in [0.15, 0.2) is 18.9 Å². The molecule has 1 amide bonds. The standard InChI is InChI=1S/C76H135NO18/c1-3-5-7-9-11-13-15-17-19-21-23-25-27-28-29-30-32-34-36-38-40-42-44-46-48-50-52-54-64(82)77-59(60(81)53-51-49-47-45-43-41-39-37-35-33-31-26-24-22-20-18-16-14-12-10-8-6-4-2)58-90-74-70(88)67(85)72(62(56-79)92-74)95-76-71(89)68(86)73(63(57-80)93-76)94-75-69(87)66(84)65(83)61(55-78)91-75/h15,17,21,23,27-28,35,37,43,45,51,53,59-63,65-76,78-81,83-89H,3-14,16,18-20,22,24-26,29-34,36,38-42,44,46-50,52,54-58H2,1-2H3,(H,77,82)/b17-15-,23-21-,28-27-,37-35+,45-43+,53-51+. The Morgan fingerprint density at radius 3 is 1.13 bits per heavy atom.